The molecule has 0 amide bonds. The van der Waals surface area contributed by atoms with Crippen molar-refractivity contribution in [2.24, 2.45) is 0 Å². The summed E-state index contributed by atoms with van der Waals surface area (Å²) in [5, 5.41) is 6.96. The van der Waals surface area contributed by atoms with Crippen molar-refractivity contribution in [1.29, 1.82) is 0 Å². The van der Waals surface area contributed by atoms with Gasteiger partial charge in [0.2, 0.25) is 0 Å². The summed E-state index contributed by atoms with van der Waals surface area (Å²) in [7, 11) is -3.54. The van der Waals surface area contributed by atoms with Crippen LogP contribution in [-0.4, -0.2) is 36.4 Å². The zero-order valence-corrected chi connectivity index (χ0v) is 7.52. The summed E-state index contributed by atoms with van der Waals surface area (Å²) in [5.41, 5.74) is 0. The van der Waals surface area contributed by atoms with E-state index in [0.29, 0.717) is 0 Å². The van der Waals surface area contributed by atoms with Gasteiger partial charge in [-0.3, -0.25) is 4.79 Å². The lowest BCUT2D eigenvalue weighted by Crippen LogP contribution is -2.29. The van der Waals surface area contributed by atoms with Crippen LogP contribution in [0.25, 0.3) is 0 Å². The molecule has 0 aliphatic carbocycles. The molecule has 0 aliphatic rings. The summed E-state index contributed by atoms with van der Waals surface area (Å²) in [6, 6.07) is 0. The van der Waals surface area contributed by atoms with Crippen molar-refractivity contribution in [3.63, 3.8) is 0 Å². The molecule has 6 heteroatoms. The number of carbonyl (C=O) groups is 1. The Labute approximate surface area is 70.1 Å². The van der Waals surface area contributed by atoms with Crippen LogP contribution in [-0.2, 0) is 14.6 Å². The van der Waals surface area contributed by atoms with E-state index in [1.54, 1.807) is 0 Å². The first kappa shape index (κ1) is 10.7. The van der Waals surface area contributed by atoms with E-state index in [9.17, 15) is 13.2 Å². The number of hydrogen-bond donors (Lipinski definition) is 1. The Morgan fingerprint density at radius 1 is 1.64 bits per heavy atom. The second-order valence-electron chi connectivity index (χ2n) is 2.04. The van der Waals surface area contributed by atoms with Crippen molar-refractivity contribution in [3.8, 4) is 0 Å². The second kappa shape index (κ2) is 3.92. The molecule has 0 spiro atoms. The number of aliphatic carboxylic acids is 1. The van der Waals surface area contributed by atoms with Crippen molar-refractivity contribution >= 4 is 27.4 Å². The maximum absolute atomic E-state index is 10.9. The molecule has 0 radical (unpaired) electrons. The van der Waals surface area contributed by atoms with Gasteiger partial charge in [-0.2, -0.15) is 0 Å². The van der Waals surface area contributed by atoms with E-state index in [1.165, 1.54) is 0 Å². The Hall–Kier alpha value is -0.290. The van der Waals surface area contributed by atoms with E-state index in [2.05, 4.69) is 0 Å². The quantitative estimate of drug-likeness (QED) is 0.654. The number of alkyl halides is 1. The summed E-state index contributed by atoms with van der Waals surface area (Å²) in [6.07, 6.45) is 0. The minimum Gasteiger partial charge on any atom is -0.480 e. The lowest BCUT2D eigenvalue weighted by Gasteiger charge is -2.05. The highest BCUT2D eigenvalue weighted by Gasteiger charge is 2.26. The van der Waals surface area contributed by atoms with Crippen LogP contribution in [0.1, 0.15) is 6.92 Å². The normalized spacial score (nSPS) is 14.4. The molecule has 1 unspecified atom stereocenters. The molecule has 0 saturated heterocycles. The third kappa shape index (κ3) is 3.07. The molecule has 11 heavy (non-hydrogen) atoms. The molecule has 66 valence electrons. The molecule has 0 aromatic rings. The first-order valence-electron chi connectivity index (χ1n) is 2.92. The maximum atomic E-state index is 10.9. The van der Waals surface area contributed by atoms with Gasteiger partial charge in [0.25, 0.3) is 0 Å². The summed E-state index contributed by atoms with van der Waals surface area (Å²) in [5.74, 6) is -1.70. The highest BCUT2D eigenvalue weighted by atomic mass is 35.5. The zero-order chi connectivity index (χ0) is 9.07. The Morgan fingerprint density at radius 2 is 2.09 bits per heavy atom. The monoisotopic (exact) mass is 200 g/mol. The summed E-state index contributed by atoms with van der Waals surface area (Å²) in [6.45, 7) is 1.13. The van der Waals surface area contributed by atoms with Gasteiger partial charge < -0.3 is 5.11 Å². The van der Waals surface area contributed by atoms with Crippen molar-refractivity contribution < 1.29 is 18.3 Å². The lowest BCUT2D eigenvalue weighted by molar-refractivity contribution is -0.136. The highest BCUT2D eigenvalue weighted by Crippen LogP contribution is 2.02. The fourth-order valence-electron chi connectivity index (χ4n) is 0.438. The fraction of sp³-hybridized carbons (Fsp3) is 0.800. The van der Waals surface area contributed by atoms with Gasteiger partial charge in [-0.25, -0.2) is 8.42 Å². The lowest BCUT2D eigenvalue weighted by atomic mass is 10.5. The Morgan fingerprint density at radius 3 is 2.36 bits per heavy atom. The van der Waals surface area contributed by atoms with Gasteiger partial charge in [0, 0.05) is 5.88 Å². The van der Waals surface area contributed by atoms with E-state index < -0.39 is 21.1 Å². The van der Waals surface area contributed by atoms with E-state index in [0.717, 1.165) is 6.92 Å². The predicted molar refractivity (Wildman–Crippen MR) is 41.6 cm³/mol. The molecule has 1 N–H and O–H groups in total. The number of sulfone groups is 1. The Kier molecular flexibility index (Phi) is 3.82. The number of halogens is 1. The first-order chi connectivity index (χ1) is 4.91. The molecule has 0 heterocycles. The molecule has 0 aliphatic heterocycles. The number of rotatable bonds is 4. The van der Waals surface area contributed by atoms with Crippen LogP contribution >= 0.6 is 11.6 Å². The molecular weight excluding hydrogens is 192 g/mol. The minimum atomic E-state index is -3.54. The second-order valence-corrected chi connectivity index (χ2v) is 4.86. The molecule has 0 bridgehead atoms. The van der Waals surface area contributed by atoms with Gasteiger partial charge in [0.05, 0.1) is 5.75 Å². The van der Waals surface area contributed by atoms with Crippen molar-refractivity contribution in [1.82, 2.24) is 0 Å². The highest BCUT2D eigenvalue weighted by molar-refractivity contribution is 7.92. The summed E-state index contributed by atoms with van der Waals surface area (Å²) >= 11 is 5.16. The van der Waals surface area contributed by atoms with Crippen LogP contribution < -0.4 is 0 Å². The zero-order valence-electron chi connectivity index (χ0n) is 5.95. The average Bonchev–Trinajstić information content (AvgIpc) is 1.86. The Balaban J connectivity index is 4.44. The van der Waals surface area contributed by atoms with Gasteiger partial charge in [-0.1, -0.05) is 0 Å². The van der Waals surface area contributed by atoms with E-state index >= 15 is 0 Å². The molecule has 1 atom stereocenters. The maximum Gasteiger partial charge on any atom is 0.321 e. The summed E-state index contributed by atoms with van der Waals surface area (Å²) in [4.78, 5) is 10.2. The van der Waals surface area contributed by atoms with Crippen molar-refractivity contribution in [3.05, 3.63) is 0 Å². The molecule has 4 nitrogen and oxygen atoms in total. The molecular formula is C5H9ClO4S. The number of hydrogen-bond acceptors (Lipinski definition) is 3. The van der Waals surface area contributed by atoms with Gasteiger partial charge in [-0.15, -0.1) is 11.6 Å². The fourth-order valence-corrected chi connectivity index (χ4v) is 1.96. The largest absolute Gasteiger partial charge is 0.480 e. The molecule has 0 fully saturated rings. The van der Waals surface area contributed by atoms with Crippen LogP contribution in [0.5, 0.6) is 0 Å². The molecule has 0 saturated carbocycles. The van der Waals surface area contributed by atoms with Gasteiger partial charge in [-0.05, 0) is 6.92 Å². The first-order valence-corrected chi connectivity index (χ1v) is 5.17. The van der Waals surface area contributed by atoms with Crippen LogP contribution in [0.4, 0.5) is 0 Å². The minimum absolute atomic E-state index is 0.0695. The number of carboxylic acids is 1. The SMILES string of the molecule is CC(C(=O)O)S(=O)(=O)CCCl. The smallest absolute Gasteiger partial charge is 0.321 e. The molecule has 0 aromatic heterocycles. The molecule has 0 rings (SSSR count). The van der Waals surface area contributed by atoms with E-state index in [4.69, 9.17) is 16.7 Å². The van der Waals surface area contributed by atoms with Crippen LogP contribution in [0.15, 0.2) is 0 Å². The van der Waals surface area contributed by atoms with Crippen LogP contribution in [0.2, 0.25) is 0 Å². The van der Waals surface area contributed by atoms with Crippen molar-refractivity contribution in [2.45, 2.75) is 12.2 Å². The van der Waals surface area contributed by atoms with Gasteiger partial charge >= 0.3 is 5.97 Å². The third-order valence-electron chi connectivity index (χ3n) is 1.25. The van der Waals surface area contributed by atoms with Gasteiger partial charge in [0.1, 0.15) is 0 Å². The van der Waals surface area contributed by atoms with Gasteiger partial charge in [0.15, 0.2) is 15.1 Å². The van der Waals surface area contributed by atoms with E-state index in [-0.39, 0.29) is 11.6 Å². The predicted octanol–water partition coefficient (Wildman–Crippen LogP) is 0.113. The third-order valence-corrected chi connectivity index (χ3v) is 3.71. The summed E-state index contributed by atoms with van der Waals surface area (Å²) < 4.78 is 21.8. The topological polar surface area (TPSA) is 71.4 Å². The number of carboxylic acid groups (broad SMARTS) is 1. The molecule has 0 aromatic carbocycles. The standard InChI is InChI=1S/C5H9ClO4S/c1-4(5(7)8)11(9,10)3-2-6/h4H,2-3H2,1H3,(H,7,8). The van der Waals surface area contributed by atoms with Crippen LogP contribution in [0.3, 0.4) is 0 Å². The average molecular weight is 201 g/mol. The van der Waals surface area contributed by atoms with Crippen LogP contribution in [0, 0.1) is 0 Å². The van der Waals surface area contributed by atoms with Crippen molar-refractivity contribution in [2.75, 3.05) is 11.6 Å². The Bertz CT molecular complexity index is 233. The van der Waals surface area contributed by atoms with E-state index in [1.807, 2.05) is 0 Å².